The number of phenolic OH excluding ortho intramolecular Hbond substituents is 1. The Morgan fingerprint density at radius 1 is 0.967 bits per heavy atom. The molecule has 0 amide bonds. The van der Waals surface area contributed by atoms with Crippen LogP contribution >= 0.6 is 11.8 Å². The molecule has 0 saturated carbocycles. The molecule has 0 saturated heterocycles. The number of thioether (sulfide) groups is 1. The molecule has 0 fully saturated rings. The summed E-state index contributed by atoms with van der Waals surface area (Å²) in [5, 5.41) is 12.8. The number of phenols is 1. The summed E-state index contributed by atoms with van der Waals surface area (Å²) in [6.07, 6.45) is 1.87. The third-order valence-corrected chi connectivity index (χ3v) is 8.54. The fourth-order valence-corrected chi connectivity index (χ4v) is 6.39. The first-order valence-corrected chi connectivity index (χ1v) is 11.5. The van der Waals surface area contributed by atoms with Gasteiger partial charge >= 0.3 is 0 Å². The van der Waals surface area contributed by atoms with Gasteiger partial charge in [0, 0.05) is 17.2 Å². The zero-order valence-electron chi connectivity index (χ0n) is 18.2. The van der Waals surface area contributed by atoms with E-state index >= 15 is 0 Å². The molecule has 0 spiro atoms. The fourth-order valence-electron chi connectivity index (χ4n) is 5.06. The van der Waals surface area contributed by atoms with Gasteiger partial charge in [0.25, 0.3) is 0 Å². The van der Waals surface area contributed by atoms with E-state index in [9.17, 15) is 5.11 Å². The van der Waals surface area contributed by atoms with E-state index in [1.807, 2.05) is 30.0 Å². The van der Waals surface area contributed by atoms with Crippen LogP contribution in [0.25, 0.3) is 21.9 Å². The number of aromatic hydroxyl groups is 1. The molecule has 1 aliphatic heterocycles. The molecule has 1 aliphatic carbocycles. The maximum absolute atomic E-state index is 10.9. The Hall–Kier alpha value is -2.33. The molecule has 1 N–H and O–H groups in total. The lowest BCUT2D eigenvalue weighted by molar-refractivity contribution is 0.0757. The van der Waals surface area contributed by atoms with Gasteiger partial charge in [-0.15, -0.1) is 0 Å². The lowest BCUT2D eigenvalue weighted by Gasteiger charge is -2.35. The van der Waals surface area contributed by atoms with Crippen LogP contribution in [0.4, 0.5) is 0 Å². The zero-order chi connectivity index (χ0) is 21.2. The summed E-state index contributed by atoms with van der Waals surface area (Å²) < 4.78 is 12.0. The average molecular weight is 421 g/mol. The fraction of sp³-hybridized carbons (Fsp3) is 0.385. The summed E-state index contributed by atoms with van der Waals surface area (Å²) in [6, 6.07) is 12.5. The summed E-state index contributed by atoms with van der Waals surface area (Å²) in [6.45, 7) is 8.90. The minimum absolute atomic E-state index is 0.277. The minimum atomic E-state index is -0.277. The molecule has 0 aromatic heterocycles. The van der Waals surface area contributed by atoms with Crippen LogP contribution < -0.4 is 9.47 Å². The Labute approximate surface area is 182 Å². The van der Waals surface area contributed by atoms with Crippen molar-refractivity contribution in [3.63, 3.8) is 0 Å². The molecular weight excluding hydrogens is 392 g/mol. The molecule has 3 nitrogen and oxygen atoms in total. The zero-order valence-corrected chi connectivity index (χ0v) is 19.0. The standard InChI is InChI=1S/C26H28O3S/c1-14(2)26(15(3)4)29-23-12-20-21(13-24(23)30-26)25-17(11-22(20)27)7-6-16-10-18(28-5)8-9-19(16)25/h8-15,27H,6-7H2,1-5H3. The second kappa shape index (κ2) is 6.84. The van der Waals surface area contributed by atoms with Crippen molar-refractivity contribution in [2.45, 2.75) is 50.4 Å². The number of ether oxygens (including phenoxy) is 2. The summed E-state index contributed by atoms with van der Waals surface area (Å²) in [5.41, 5.74) is 4.99. The van der Waals surface area contributed by atoms with Gasteiger partial charge in [0.2, 0.25) is 0 Å². The van der Waals surface area contributed by atoms with E-state index in [4.69, 9.17) is 9.47 Å². The van der Waals surface area contributed by atoms with Crippen molar-refractivity contribution in [2.24, 2.45) is 11.8 Å². The van der Waals surface area contributed by atoms with Crippen molar-refractivity contribution in [3.05, 3.63) is 47.5 Å². The van der Waals surface area contributed by atoms with E-state index in [0.717, 1.165) is 35.1 Å². The van der Waals surface area contributed by atoms with E-state index in [2.05, 4.69) is 45.9 Å². The first-order chi connectivity index (χ1) is 14.3. The Kier molecular flexibility index (Phi) is 4.48. The highest BCUT2D eigenvalue weighted by Crippen LogP contribution is 2.56. The largest absolute Gasteiger partial charge is 0.507 e. The normalized spacial score (nSPS) is 16.4. The van der Waals surface area contributed by atoms with Crippen molar-refractivity contribution in [1.82, 2.24) is 0 Å². The first kappa shape index (κ1) is 19.6. The number of methoxy groups -OCH3 is 1. The van der Waals surface area contributed by atoms with E-state index in [1.165, 1.54) is 27.1 Å². The van der Waals surface area contributed by atoms with Gasteiger partial charge in [-0.2, -0.15) is 0 Å². The highest BCUT2D eigenvalue weighted by atomic mass is 32.2. The monoisotopic (exact) mass is 420 g/mol. The summed E-state index contributed by atoms with van der Waals surface area (Å²) in [7, 11) is 1.71. The van der Waals surface area contributed by atoms with E-state index in [1.54, 1.807) is 7.11 Å². The molecule has 0 unspecified atom stereocenters. The molecule has 0 atom stereocenters. The van der Waals surface area contributed by atoms with Gasteiger partial charge in [0.1, 0.15) is 17.2 Å². The van der Waals surface area contributed by atoms with Crippen molar-refractivity contribution in [3.8, 4) is 28.4 Å². The van der Waals surface area contributed by atoms with Crippen LogP contribution in [0, 0.1) is 11.8 Å². The molecule has 30 heavy (non-hydrogen) atoms. The van der Waals surface area contributed by atoms with Crippen LogP contribution in [0.2, 0.25) is 0 Å². The van der Waals surface area contributed by atoms with Gasteiger partial charge in [-0.1, -0.05) is 45.5 Å². The molecule has 3 aromatic rings. The quantitative estimate of drug-likeness (QED) is 0.505. The number of benzene rings is 3. The first-order valence-electron chi connectivity index (χ1n) is 10.7. The lowest BCUT2D eigenvalue weighted by atomic mass is 9.82. The van der Waals surface area contributed by atoms with Crippen LogP contribution in [0.5, 0.6) is 17.2 Å². The van der Waals surface area contributed by atoms with Gasteiger partial charge < -0.3 is 14.6 Å². The number of rotatable bonds is 3. The molecule has 5 rings (SSSR count). The van der Waals surface area contributed by atoms with E-state index < -0.39 is 0 Å². The van der Waals surface area contributed by atoms with E-state index in [-0.39, 0.29) is 4.93 Å². The highest BCUT2D eigenvalue weighted by molar-refractivity contribution is 8.01. The maximum Gasteiger partial charge on any atom is 0.163 e. The third-order valence-electron chi connectivity index (χ3n) is 6.66. The molecule has 2 aliphatic rings. The SMILES string of the molecule is COc1ccc2c(c1)CCc1cc(O)c3cc4c(cc3c1-2)SC(C(C)C)(C(C)C)O4. The van der Waals surface area contributed by atoms with Gasteiger partial charge in [0.15, 0.2) is 4.93 Å². The number of aryl methyl sites for hydroxylation is 2. The Bertz CT molecular complexity index is 1150. The summed E-state index contributed by atoms with van der Waals surface area (Å²) >= 11 is 1.83. The van der Waals surface area contributed by atoms with Crippen LogP contribution in [0.1, 0.15) is 38.8 Å². The Balaban J connectivity index is 1.74. The van der Waals surface area contributed by atoms with Gasteiger partial charge in [-0.3, -0.25) is 0 Å². The second-order valence-electron chi connectivity index (χ2n) is 9.03. The maximum atomic E-state index is 10.9. The van der Waals surface area contributed by atoms with Crippen LogP contribution in [0.3, 0.4) is 0 Å². The smallest absolute Gasteiger partial charge is 0.163 e. The van der Waals surface area contributed by atoms with Crippen molar-refractivity contribution >= 4 is 22.5 Å². The minimum Gasteiger partial charge on any atom is -0.507 e. The Morgan fingerprint density at radius 2 is 1.70 bits per heavy atom. The number of fused-ring (bicyclic) bond motifs is 6. The van der Waals surface area contributed by atoms with Crippen molar-refractivity contribution in [2.75, 3.05) is 7.11 Å². The third kappa shape index (κ3) is 2.73. The van der Waals surface area contributed by atoms with Gasteiger partial charge in [-0.05, 0) is 70.8 Å². The average Bonchev–Trinajstić information content (AvgIpc) is 3.12. The van der Waals surface area contributed by atoms with Gasteiger partial charge in [0.05, 0.1) is 12.0 Å². The van der Waals surface area contributed by atoms with Gasteiger partial charge in [-0.25, -0.2) is 0 Å². The number of hydrogen-bond acceptors (Lipinski definition) is 4. The molecule has 156 valence electrons. The van der Waals surface area contributed by atoms with Crippen molar-refractivity contribution < 1.29 is 14.6 Å². The predicted octanol–water partition coefficient (Wildman–Crippen LogP) is 6.81. The molecule has 0 radical (unpaired) electrons. The summed E-state index contributed by atoms with van der Waals surface area (Å²) in [5.74, 6) is 2.85. The predicted molar refractivity (Wildman–Crippen MR) is 124 cm³/mol. The topological polar surface area (TPSA) is 38.7 Å². The number of hydrogen-bond donors (Lipinski definition) is 1. The molecule has 1 heterocycles. The summed E-state index contributed by atoms with van der Waals surface area (Å²) in [4.78, 5) is 0.888. The Morgan fingerprint density at radius 3 is 2.40 bits per heavy atom. The molecule has 4 heteroatoms. The molecule has 0 bridgehead atoms. The highest BCUT2D eigenvalue weighted by Gasteiger charge is 2.46. The van der Waals surface area contributed by atoms with Crippen LogP contribution in [0.15, 0.2) is 41.3 Å². The van der Waals surface area contributed by atoms with Crippen LogP contribution in [-0.4, -0.2) is 17.1 Å². The molecular formula is C26H28O3S. The van der Waals surface area contributed by atoms with Crippen LogP contribution in [-0.2, 0) is 12.8 Å². The van der Waals surface area contributed by atoms with E-state index in [0.29, 0.717) is 17.6 Å². The van der Waals surface area contributed by atoms with Crippen molar-refractivity contribution in [1.29, 1.82) is 0 Å². The lowest BCUT2D eigenvalue weighted by Crippen LogP contribution is -2.40. The second-order valence-corrected chi connectivity index (χ2v) is 10.3. The molecule has 3 aromatic carbocycles.